The molecule has 2 aliphatic rings. The van der Waals surface area contributed by atoms with Crippen LogP contribution in [0.1, 0.15) is 16.5 Å². The van der Waals surface area contributed by atoms with Crippen LogP contribution < -0.4 is 14.9 Å². The van der Waals surface area contributed by atoms with Crippen LogP contribution in [0, 0.1) is 10.1 Å². The number of nitrogens with one attached hydrogen (secondary N) is 1. The molecule has 0 aliphatic carbocycles. The Labute approximate surface area is 135 Å². The zero-order chi connectivity index (χ0) is 15.8. The van der Waals surface area contributed by atoms with E-state index in [1.165, 1.54) is 17.8 Å². The number of benzene rings is 2. The van der Waals surface area contributed by atoms with Gasteiger partial charge in [-0.15, -0.1) is 0 Å². The molecule has 2 heterocycles. The van der Waals surface area contributed by atoms with Crippen molar-refractivity contribution in [1.82, 2.24) is 5.43 Å². The Morgan fingerprint density at radius 3 is 2.70 bits per heavy atom. The van der Waals surface area contributed by atoms with Crippen LogP contribution in [0.2, 0.25) is 0 Å². The van der Waals surface area contributed by atoms with Gasteiger partial charge >= 0.3 is 0 Å². The monoisotopic (exact) mass is 329 g/mol. The van der Waals surface area contributed by atoms with Crippen molar-refractivity contribution in [2.75, 3.05) is 6.79 Å². The summed E-state index contributed by atoms with van der Waals surface area (Å²) in [5.41, 5.74) is 4.43. The van der Waals surface area contributed by atoms with Crippen LogP contribution in [0.5, 0.6) is 11.5 Å². The summed E-state index contributed by atoms with van der Waals surface area (Å²) in [7, 11) is 0. The van der Waals surface area contributed by atoms with Gasteiger partial charge in [0.05, 0.1) is 16.6 Å². The SMILES string of the molecule is O=[N+]([O-])c1cc2c(cc1C1NN=C(c3ccccc3)S1)OCO2. The standard InChI is InChI=1S/C15H11N3O4S/c19-18(20)11-7-13-12(21-8-22-13)6-10(11)15-17-16-14(23-15)9-4-2-1-3-5-9/h1-7,15,17H,8H2. The maximum atomic E-state index is 11.4. The van der Waals surface area contributed by atoms with Crippen molar-refractivity contribution in [3.05, 3.63) is 63.7 Å². The minimum Gasteiger partial charge on any atom is -0.454 e. The third kappa shape index (κ3) is 2.46. The van der Waals surface area contributed by atoms with Crippen molar-refractivity contribution in [3.63, 3.8) is 0 Å². The molecule has 0 radical (unpaired) electrons. The second-order valence-electron chi connectivity index (χ2n) is 4.93. The fourth-order valence-corrected chi connectivity index (χ4v) is 3.47. The highest BCUT2D eigenvalue weighted by Crippen LogP contribution is 2.44. The summed E-state index contributed by atoms with van der Waals surface area (Å²) in [6, 6.07) is 12.7. The number of nitro groups is 1. The molecule has 0 amide bonds. The van der Waals surface area contributed by atoms with Crippen molar-refractivity contribution in [1.29, 1.82) is 0 Å². The van der Waals surface area contributed by atoms with Gasteiger partial charge in [-0.05, 0) is 6.07 Å². The van der Waals surface area contributed by atoms with E-state index >= 15 is 0 Å². The Morgan fingerprint density at radius 1 is 1.22 bits per heavy atom. The number of fused-ring (bicyclic) bond motifs is 1. The van der Waals surface area contributed by atoms with Crippen LogP contribution in [0.15, 0.2) is 47.6 Å². The summed E-state index contributed by atoms with van der Waals surface area (Å²) >= 11 is 1.43. The molecule has 0 fully saturated rings. The van der Waals surface area contributed by atoms with Gasteiger partial charge in [0.25, 0.3) is 5.69 Å². The highest BCUT2D eigenvalue weighted by molar-refractivity contribution is 8.14. The number of hydrogen-bond donors (Lipinski definition) is 1. The quantitative estimate of drug-likeness (QED) is 0.688. The number of nitro benzene ring substituents is 1. The molecule has 1 unspecified atom stereocenters. The van der Waals surface area contributed by atoms with Gasteiger partial charge in [-0.25, -0.2) is 0 Å². The summed E-state index contributed by atoms with van der Waals surface area (Å²) in [5.74, 6) is 0.911. The zero-order valence-corrected chi connectivity index (χ0v) is 12.6. The van der Waals surface area contributed by atoms with Gasteiger partial charge in [0, 0.05) is 5.56 Å². The number of hydrogen-bond acceptors (Lipinski definition) is 7. The van der Waals surface area contributed by atoms with E-state index in [4.69, 9.17) is 9.47 Å². The van der Waals surface area contributed by atoms with E-state index in [1.54, 1.807) is 6.07 Å². The summed E-state index contributed by atoms with van der Waals surface area (Å²) in [6.45, 7) is 0.0763. The zero-order valence-electron chi connectivity index (χ0n) is 11.8. The first-order chi connectivity index (χ1) is 11.2. The molecule has 2 aliphatic heterocycles. The number of nitrogens with zero attached hydrogens (tertiary/aromatic N) is 2. The van der Waals surface area contributed by atoms with E-state index in [0.29, 0.717) is 17.1 Å². The lowest BCUT2D eigenvalue weighted by molar-refractivity contribution is -0.385. The first-order valence-corrected chi connectivity index (χ1v) is 7.73. The van der Waals surface area contributed by atoms with Crippen LogP contribution in [0.4, 0.5) is 5.69 Å². The molecule has 2 aromatic rings. The summed E-state index contributed by atoms with van der Waals surface area (Å²) in [5, 5.41) is 16.1. The molecular weight excluding hydrogens is 318 g/mol. The van der Waals surface area contributed by atoms with E-state index < -0.39 is 4.92 Å². The van der Waals surface area contributed by atoms with Crippen LogP contribution >= 0.6 is 11.8 Å². The summed E-state index contributed by atoms with van der Waals surface area (Å²) in [4.78, 5) is 10.9. The normalized spacial score (nSPS) is 18.4. The average Bonchev–Trinajstić information content (AvgIpc) is 3.23. The fraction of sp³-hybridized carbons (Fsp3) is 0.133. The van der Waals surface area contributed by atoms with Crippen molar-refractivity contribution < 1.29 is 14.4 Å². The molecule has 0 spiro atoms. The summed E-state index contributed by atoms with van der Waals surface area (Å²) < 4.78 is 10.5. The van der Waals surface area contributed by atoms with Crippen molar-refractivity contribution in [3.8, 4) is 11.5 Å². The third-order valence-electron chi connectivity index (χ3n) is 3.53. The average molecular weight is 329 g/mol. The lowest BCUT2D eigenvalue weighted by atomic mass is 10.1. The third-order valence-corrected chi connectivity index (χ3v) is 4.68. The van der Waals surface area contributed by atoms with Gasteiger partial charge in [0.1, 0.15) is 10.4 Å². The smallest absolute Gasteiger partial charge is 0.279 e. The van der Waals surface area contributed by atoms with Crippen molar-refractivity contribution in [2.24, 2.45) is 5.10 Å². The minimum absolute atomic E-state index is 0.0104. The molecule has 0 aromatic heterocycles. The molecule has 8 heteroatoms. The Morgan fingerprint density at radius 2 is 1.96 bits per heavy atom. The Hall–Kier alpha value is -2.74. The van der Waals surface area contributed by atoms with E-state index in [-0.39, 0.29) is 17.9 Å². The van der Waals surface area contributed by atoms with E-state index in [0.717, 1.165) is 10.6 Å². The van der Waals surface area contributed by atoms with E-state index in [9.17, 15) is 10.1 Å². The second-order valence-corrected chi connectivity index (χ2v) is 6.03. The molecule has 4 rings (SSSR count). The van der Waals surface area contributed by atoms with E-state index in [2.05, 4.69) is 10.5 Å². The van der Waals surface area contributed by atoms with Gasteiger partial charge in [0.15, 0.2) is 11.5 Å². The molecule has 23 heavy (non-hydrogen) atoms. The predicted molar refractivity (Wildman–Crippen MR) is 85.7 cm³/mol. The van der Waals surface area contributed by atoms with Crippen LogP contribution in [0.25, 0.3) is 0 Å². The lowest BCUT2D eigenvalue weighted by Gasteiger charge is -2.11. The number of thioether (sulfide) groups is 1. The molecule has 2 aromatic carbocycles. The first-order valence-electron chi connectivity index (χ1n) is 6.85. The number of ether oxygens (including phenoxy) is 2. The highest BCUT2D eigenvalue weighted by Gasteiger charge is 2.31. The van der Waals surface area contributed by atoms with Gasteiger partial charge in [-0.3, -0.25) is 15.5 Å². The highest BCUT2D eigenvalue weighted by atomic mass is 32.2. The number of hydrazone groups is 1. The van der Waals surface area contributed by atoms with Gasteiger partial charge in [0.2, 0.25) is 6.79 Å². The molecule has 0 saturated carbocycles. The molecule has 0 bridgehead atoms. The molecule has 1 atom stereocenters. The molecule has 7 nitrogen and oxygen atoms in total. The fourth-order valence-electron chi connectivity index (χ4n) is 2.44. The predicted octanol–water partition coefficient (Wildman–Crippen LogP) is 3.02. The molecular formula is C15H11N3O4S. The maximum Gasteiger partial charge on any atom is 0.279 e. The summed E-state index contributed by atoms with van der Waals surface area (Å²) in [6.07, 6.45) is 0. The molecule has 116 valence electrons. The number of rotatable bonds is 3. The Kier molecular flexibility index (Phi) is 3.30. The Balaban J connectivity index is 1.66. The van der Waals surface area contributed by atoms with Gasteiger partial charge in [-0.2, -0.15) is 5.10 Å². The molecule has 0 saturated heterocycles. The van der Waals surface area contributed by atoms with Crippen LogP contribution in [0.3, 0.4) is 0 Å². The Bertz CT molecular complexity index is 810. The van der Waals surface area contributed by atoms with Gasteiger partial charge in [-0.1, -0.05) is 42.1 Å². The lowest BCUT2D eigenvalue weighted by Crippen LogP contribution is -2.09. The largest absolute Gasteiger partial charge is 0.454 e. The van der Waals surface area contributed by atoms with Crippen molar-refractivity contribution >= 4 is 22.5 Å². The minimum atomic E-state index is -0.417. The topological polar surface area (TPSA) is 86.0 Å². The van der Waals surface area contributed by atoms with E-state index in [1.807, 2.05) is 30.3 Å². The maximum absolute atomic E-state index is 11.4. The van der Waals surface area contributed by atoms with Crippen LogP contribution in [-0.2, 0) is 0 Å². The van der Waals surface area contributed by atoms with Crippen molar-refractivity contribution in [2.45, 2.75) is 5.37 Å². The second kappa shape index (κ2) is 5.47. The van der Waals surface area contributed by atoms with Crippen LogP contribution in [-0.4, -0.2) is 16.8 Å². The van der Waals surface area contributed by atoms with Gasteiger partial charge < -0.3 is 9.47 Å². The molecule has 1 N–H and O–H groups in total. The first kappa shape index (κ1) is 13.9.